The highest BCUT2D eigenvalue weighted by atomic mass is 32.2. The van der Waals surface area contributed by atoms with E-state index in [1.807, 2.05) is 0 Å². The third kappa shape index (κ3) is 3.76. The summed E-state index contributed by atoms with van der Waals surface area (Å²) in [4.78, 5) is 21.9. The number of carboxylic acid groups (broad SMARTS) is 1. The number of primary amides is 1. The summed E-state index contributed by atoms with van der Waals surface area (Å²) in [5.74, 6) is -1.90. The van der Waals surface area contributed by atoms with Gasteiger partial charge in [0, 0.05) is 5.69 Å². The number of thioether (sulfide) groups is 1. The van der Waals surface area contributed by atoms with Gasteiger partial charge in [0.1, 0.15) is 11.6 Å². The predicted molar refractivity (Wildman–Crippen MR) is 72.4 cm³/mol. The quantitative estimate of drug-likeness (QED) is 0.553. The van der Waals surface area contributed by atoms with Crippen LogP contribution < -0.4 is 11.1 Å². The van der Waals surface area contributed by atoms with Gasteiger partial charge in [-0.15, -0.1) is 11.8 Å². The SMILES string of the molecule is CS/C(Nc1cccc(C(=O)O)c1)=C(/C#N)C(N)=O. The maximum atomic E-state index is 11.1. The number of rotatable bonds is 5. The van der Waals surface area contributed by atoms with Crippen LogP contribution >= 0.6 is 11.8 Å². The lowest BCUT2D eigenvalue weighted by Crippen LogP contribution is -2.16. The van der Waals surface area contributed by atoms with E-state index in [-0.39, 0.29) is 16.2 Å². The van der Waals surface area contributed by atoms with Gasteiger partial charge in [-0.25, -0.2) is 4.79 Å². The number of hydrogen-bond acceptors (Lipinski definition) is 5. The Hall–Kier alpha value is -2.46. The van der Waals surface area contributed by atoms with Crippen molar-refractivity contribution in [1.29, 1.82) is 5.26 Å². The number of anilines is 1. The number of hydrogen-bond donors (Lipinski definition) is 3. The summed E-state index contributed by atoms with van der Waals surface area (Å²) in [7, 11) is 0. The molecule has 0 radical (unpaired) electrons. The van der Waals surface area contributed by atoms with Crippen LogP contribution in [0.2, 0.25) is 0 Å². The Labute approximate surface area is 113 Å². The molecule has 0 bridgehead atoms. The molecule has 0 atom stereocenters. The standard InChI is InChI=1S/C12H11N3O3S/c1-19-11(9(6-13)10(14)16)15-8-4-2-3-7(5-8)12(17)18/h2-5,15H,1H3,(H2,14,16)(H,17,18)/b11-9-. The first-order valence-corrected chi connectivity index (χ1v) is 6.30. The smallest absolute Gasteiger partial charge is 0.335 e. The molecule has 0 aromatic heterocycles. The number of carboxylic acids is 1. The first kappa shape index (κ1) is 14.6. The van der Waals surface area contributed by atoms with E-state index in [2.05, 4.69) is 5.32 Å². The van der Waals surface area contributed by atoms with E-state index < -0.39 is 11.9 Å². The van der Waals surface area contributed by atoms with Crippen LogP contribution in [0, 0.1) is 11.3 Å². The lowest BCUT2D eigenvalue weighted by atomic mass is 10.2. The molecule has 0 unspecified atom stereocenters. The summed E-state index contributed by atoms with van der Waals surface area (Å²) >= 11 is 1.14. The van der Waals surface area contributed by atoms with Gasteiger partial charge in [0.2, 0.25) is 0 Å². The van der Waals surface area contributed by atoms with Gasteiger partial charge in [-0.1, -0.05) is 6.07 Å². The zero-order chi connectivity index (χ0) is 14.4. The van der Waals surface area contributed by atoms with E-state index in [0.29, 0.717) is 5.69 Å². The molecule has 1 amide bonds. The highest BCUT2D eigenvalue weighted by molar-refractivity contribution is 8.02. The molecule has 0 saturated heterocycles. The van der Waals surface area contributed by atoms with Gasteiger partial charge >= 0.3 is 5.97 Å². The first-order valence-electron chi connectivity index (χ1n) is 5.08. The van der Waals surface area contributed by atoms with Crippen LogP contribution in [0.3, 0.4) is 0 Å². The maximum Gasteiger partial charge on any atom is 0.335 e. The summed E-state index contributed by atoms with van der Waals surface area (Å²) in [6.07, 6.45) is 1.67. The van der Waals surface area contributed by atoms with Crippen molar-refractivity contribution in [2.24, 2.45) is 5.73 Å². The Kier molecular flexibility index (Phi) is 4.97. The van der Waals surface area contributed by atoms with Crippen molar-refractivity contribution < 1.29 is 14.7 Å². The average Bonchev–Trinajstić information content (AvgIpc) is 2.38. The van der Waals surface area contributed by atoms with Crippen molar-refractivity contribution in [3.8, 4) is 6.07 Å². The minimum absolute atomic E-state index is 0.100. The number of aromatic carboxylic acids is 1. The molecule has 0 fully saturated rings. The van der Waals surface area contributed by atoms with Crippen molar-refractivity contribution in [2.45, 2.75) is 0 Å². The molecule has 6 nitrogen and oxygen atoms in total. The average molecular weight is 277 g/mol. The maximum absolute atomic E-state index is 11.1. The fraction of sp³-hybridized carbons (Fsp3) is 0.0833. The summed E-state index contributed by atoms with van der Waals surface area (Å²) in [6.45, 7) is 0. The van der Waals surface area contributed by atoms with Crippen molar-refractivity contribution in [1.82, 2.24) is 0 Å². The van der Waals surface area contributed by atoms with Crippen LogP contribution in [0.25, 0.3) is 0 Å². The van der Waals surface area contributed by atoms with Gasteiger partial charge < -0.3 is 16.2 Å². The van der Waals surface area contributed by atoms with Crippen molar-refractivity contribution in [3.63, 3.8) is 0 Å². The first-order chi connectivity index (χ1) is 8.99. The molecule has 1 aromatic carbocycles. The van der Waals surface area contributed by atoms with Gasteiger partial charge in [0.05, 0.1) is 10.6 Å². The van der Waals surface area contributed by atoms with Gasteiger partial charge in [-0.05, 0) is 24.5 Å². The summed E-state index contributed by atoms with van der Waals surface area (Å²) < 4.78 is 0. The van der Waals surface area contributed by atoms with E-state index in [9.17, 15) is 9.59 Å². The van der Waals surface area contributed by atoms with Crippen LogP contribution in [-0.2, 0) is 4.79 Å². The molecule has 19 heavy (non-hydrogen) atoms. The molecule has 7 heteroatoms. The molecule has 0 heterocycles. The molecule has 1 aromatic rings. The number of carbonyl (C=O) groups excluding carboxylic acids is 1. The fourth-order valence-electron chi connectivity index (χ4n) is 1.29. The Balaban J connectivity index is 3.13. The molecule has 4 N–H and O–H groups in total. The fourth-order valence-corrected chi connectivity index (χ4v) is 1.86. The second-order valence-corrected chi connectivity index (χ2v) is 4.21. The second kappa shape index (κ2) is 6.47. The van der Waals surface area contributed by atoms with Gasteiger partial charge in [0.15, 0.2) is 0 Å². The number of nitrogens with two attached hydrogens (primary N) is 1. The molecule has 0 saturated carbocycles. The molecular formula is C12H11N3O3S. The lowest BCUT2D eigenvalue weighted by Gasteiger charge is -2.10. The normalized spacial score (nSPS) is 11.2. The highest BCUT2D eigenvalue weighted by Crippen LogP contribution is 2.21. The summed E-state index contributed by atoms with van der Waals surface area (Å²) in [5, 5.41) is 20.8. The minimum Gasteiger partial charge on any atom is -0.478 e. The van der Waals surface area contributed by atoms with Crippen LogP contribution in [0.15, 0.2) is 34.9 Å². The number of benzene rings is 1. The van der Waals surface area contributed by atoms with Crippen LogP contribution in [0.1, 0.15) is 10.4 Å². The van der Waals surface area contributed by atoms with Crippen molar-refractivity contribution in [3.05, 3.63) is 40.4 Å². The zero-order valence-corrected chi connectivity index (χ0v) is 10.8. The Morgan fingerprint density at radius 3 is 2.63 bits per heavy atom. The number of nitrogens with zero attached hydrogens (tertiary/aromatic N) is 1. The van der Waals surface area contributed by atoms with Crippen LogP contribution in [0.4, 0.5) is 5.69 Å². The molecule has 0 aliphatic rings. The topological polar surface area (TPSA) is 116 Å². The monoisotopic (exact) mass is 277 g/mol. The van der Waals surface area contributed by atoms with Crippen LogP contribution in [-0.4, -0.2) is 23.2 Å². The van der Waals surface area contributed by atoms with E-state index in [4.69, 9.17) is 16.1 Å². The third-order valence-corrected chi connectivity index (χ3v) is 2.87. The molecule has 98 valence electrons. The van der Waals surface area contributed by atoms with Gasteiger partial charge in [0.25, 0.3) is 5.91 Å². The Bertz CT molecular complexity index is 590. The van der Waals surface area contributed by atoms with Crippen molar-refractivity contribution in [2.75, 3.05) is 11.6 Å². The van der Waals surface area contributed by atoms with E-state index in [0.717, 1.165) is 11.8 Å². The zero-order valence-electron chi connectivity index (χ0n) is 10.0. The summed E-state index contributed by atoms with van der Waals surface area (Å²) in [5.41, 5.74) is 5.44. The number of nitriles is 1. The van der Waals surface area contributed by atoms with Gasteiger partial charge in [-0.3, -0.25) is 4.79 Å². The van der Waals surface area contributed by atoms with E-state index in [1.54, 1.807) is 24.5 Å². The number of carbonyl (C=O) groups is 2. The minimum atomic E-state index is -1.06. The lowest BCUT2D eigenvalue weighted by molar-refractivity contribution is -0.114. The Morgan fingerprint density at radius 2 is 2.16 bits per heavy atom. The molecule has 0 aliphatic carbocycles. The molecular weight excluding hydrogens is 266 g/mol. The number of nitrogens with one attached hydrogen (secondary N) is 1. The second-order valence-electron chi connectivity index (χ2n) is 3.40. The summed E-state index contributed by atoms with van der Waals surface area (Å²) in [6, 6.07) is 7.73. The number of amides is 1. The van der Waals surface area contributed by atoms with Gasteiger partial charge in [-0.2, -0.15) is 5.26 Å². The van der Waals surface area contributed by atoms with E-state index in [1.165, 1.54) is 12.1 Å². The highest BCUT2D eigenvalue weighted by Gasteiger charge is 2.12. The molecule has 0 spiro atoms. The molecule has 1 rings (SSSR count). The van der Waals surface area contributed by atoms with E-state index >= 15 is 0 Å². The predicted octanol–water partition coefficient (Wildman–Crippen LogP) is 1.38. The largest absolute Gasteiger partial charge is 0.478 e. The molecule has 0 aliphatic heterocycles. The third-order valence-electron chi connectivity index (χ3n) is 2.16. The van der Waals surface area contributed by atoms with Crippen molar-refractivity contribution >= 4 is 29.3 Å². The Morgan fingerprint density at radius 1 is 1.47 bits per heavy atom. The van der Waals surface area contributed by atoms with Crippen LogP contribution in [0.5, 0.6) is 0 Å².